The molecule has 3 aliphatic rings. The summed E-state index contributed by atoms with van der Waals surface area (Å²) in [7, 11) is 0. The highest BCUT2D eigenvalue weighted by Gasteiger charge is 2.71. The van der Waals surface area contributed by atoms with Gasteiger partial charge in [-0.1, -0.05) is 33.3 Å². The minimum absolute atomic E-state index is 0.0438. The Morgan fingerprint density at radius 1 is 0.875 bits per heavy atom. The first-order valence-corrected chi connectivity index (χ1v) is 15.0. The smallest absolute Gasteiger partial charge is 0.426 e. The molecule has 2 fully saturated rings. The molecule has 0 bridgehead atoms. The molecule has 0 saturated heterocycles. The molecule has 0 aliphatic heterocycles. The molecule has 9 heteroatoms. The number of aryl methyl sites for hydroxylation is 1. The van der Waals surface area contributed by atoms with Gasteiger partial charge < -0.3 is 14.2 Å². The van der Waals surface area contributed by atoms with E-state index in [9.17, 15) is 26.3 Å². The second-order valence-electron chi connectivity index (χ2n) is 12.2. The Labute approximate surface area is 234 Å². The van der Waals surface area contributed by atoms with Crippen LogP contribution in [0.1, 0.15) is 102 Å². The Bertz CT molecular complexity index is 963. The number of halogens is 6. The predicted octanol–water partition coefficient (Wildman–Crippen LogP) is 9.18. The van der Waals surface area contributed by atoms with Crippen LogP contribution in [-0.2, 0) is 15.9 Å². The summed E-state index contributed by atoms with van der Waals surface area (Å²) in [6.45, 7) is 6.13. The zero-order chi connectivity index (χ0) is 29.2. The molecule has 5 unspecified atom stereocenters. The average Bonchev–Trinajstić information content (AvgIpc) is 3.23. The Kier molecular flexibility index (Phi) is 9.75. The number of rotatable bonds is 12. The van der Waals surface area contributed by atoms with Gasteiger partial charge in [0.25, 0.3) is 5.60 Å². The van der Waals surface area contributed by atoms with E-state index in [0.29, 0.717) is 30.8 Å². The summed E-state index contributed by atoms with van der Waals surface area (Å²) in [4.78, 5) is 0. The number of benzene rings is 1. The fourth-order valence-corrected chi connectivity index (χ4v) is 7.80. The van der Waals surface area contributed by atoms with Crippen LogP contribution in [0.25, 0.3) is 0 Å². The van der Waals surface area contributed by atoms with Crippen molar-refractivity contribution in [3.05, 3.63) is 29.3 Å². The quantitative estimate of drug-likeness (QED) is 0.183. The third-order valence-electron chi connectivity index (χ3n) is 9.81. The first-order valence-electron chi connectivity index (χ1n) is 15.0. The van der Waals surface area contributed by atoms with E-state index >= 15 is 0 Å². The monoisotopic (exact) mass is 578 g/mol. The molecule has 3 aliphatic carbocycles. The molecule has 1 aromatic carbocycles. The maximum atomic E-state index is 13.4. The van der Waals surface area contributed by atoms with Gasteiger partial charge in [0.1, 0.15) is 5.75 Å². The molecular weight excluding hydrogens is 534 g/mol. The molecule has 0 heterocycles. The van der Waals surface area contributed by atoms with Gasteiger partial charge >= 0.3 is 12.4 Å². The van der Waals surface area contributed by atoms with Crippen molar-refractivity contribution in [2.24, 2.45) is 17.3 Å². The van der Waals surface area contributed by atoms with Crippen LogP contribution in [0, 0.1) is 17.3 Å². The highest BCUT2D eigenvalue weighted by atomic mass is 19.4. The highest BCUT2D eigenvalue weighted by molar-refractivity contribution is 5.40. The third kappa shape index (κ3) is 6.02. The third-order valence-corrected chi connectivity index (χ3v) is 9.81. The van der Waals surface area contributed by atoms with E-state index in [1.165, 1.54) is 18.1 Å². The number of ether oxygens (including phenoxy) is 3. The number of unbranched alkanes of at least 4 members (excludes halogenated alkanes) is 1. The van der Waals surface area contributed by atoms with Crippen molar-refractivity contribution >= 4 is 0 Å². The summed E-state index contributed by atoms with van der Waals surface area (Å²) < 4.78 is 97.3. The molecule has 0 amide bonds. The van der Waals surface area contributed by atoms with Gasteiger partial charge in [-0.05, 0) is 111 Å². The van der Waals surface area contributed by atoms with Crippen LogP contribution in [0.5, 0.6) is 5.75 Å². The van der Waals surface area contributed by atoms with Crippen molar-refractivity contribution in [2.45, 2.75) is 121 Å². The summed E-state index contributed by atoms with van der Waals surface area (Å²) in [5.41, 5.74) is -1.19. The predicted molar refractivity (Wildman–Crippen MR) is 142 cm³/mol. The van der Waals surface area contributed by atoms with E-state index < -0.39 is 31.0 Å². The largest absolute Gasteiger partial charge is 0.494 e. The Balaban J connectivity index is 1.29. The van der Waals surface area contributed by atoms with Gasteiger partial charge in [-0.3, -0.25) is 0 Å². The van der Waals surface area contributed by atoms with E-state index in [4.69, 9.17) is 9.47 Å². The van der Waals surface area contributed by atoms with Crippen LogP contribution >= 0.6 is 0 Å². The molecule has 4 rings (SSSR count). The summed E-state index contributed by atoms with van der Waals surface area (Å²) in [6.07, 6.45) is -4.59. The van der Waals surface area contributed by atoms with E-state index in [1.807, 2.05) is 0 Å². The van der Waals surface area contributed by atoms with Crippen LogP contribution in [0.3, 0.4) is 0 Å². The van der Waals surface area contributed by atoms with E-state index in [2.05, 4.69) is 36.8 Å². The van der Waals surface area contributed by atoms with Gasteiger partial charge in [0, 0.05) is 13.2 Å². The lowest BCUT2D eigenvalue weighted by molar-refractivity contribution is -0.383. The van der Waals surface area contributed by atoms with Gasteiger partial charge in [-0.25, -0.2) is 0 Å². The summed E-state index contributed by atoms with van der Waals surface area (Å²) in [6, 6.07) is 6.58. The van der Waals surface area contributed by atoms with Crippen LogP contribution in [-0.4, -0.2) is 43.9 Å². The van der Waals surface area contributed by atoms with Crippen LogP contribution < -0.4 is 4.74 Å². The van der Waals surface area contributed by atoms with Crippen molar-refractivity contribution < 1.29 is 40.6 Å². The summed E-state index contributed by atoms with van der Waals surface area (Å²) in [5, 5.41) is 0. The zero-order valence-electron chi connectivity index (χ0n) is 23.9. The van der Waals surface area contributed by atoms with Crippen molar-refractivity contribution in [3.8, 4) is 5.75 Å². The Morgan fingerprint density at radius 3 is 2.27 bits per heavy atom. The SMILES string of the molecule is CCCOc1ccc2c(c1)CCC1C2CCC2(C)C(OCCCCOC(CCC)(C(F)(F)F)C(F)(F)F)CCC12. The maximum Gasteiger partial charge on any atom is 0.426 e. The second kappa shape index (κ2) is 12.4. The topological polar surface area (TPSA) is 27.7 Å². The minimum atomic E-state index is -5.52. The van der Waals surface area contributed by atoms with Crippen molar-refractivity contribution in [1.29, 1.82) is 0 Å². The van der Waals surface area contributed by atoms with E-state index in [1.54, 1.807) is 0 Å². The molecule has 5 atom stereocenters. The maximum absolute atomic E-state index is 13.4. The molecule has 228 valence electrons. The molecule has 0 radical (unpaired) electrons. The normalized spacial score (nSPS) is 28.6. The molecule has 1 aromatic rings. The van der Waals surface area contributed by atoms with Crippen LogP contribution in [0.2, 0.25) is 0 Å². The number of hydrogen-bond acceptors (Lipinski definition) is 3. The van der Waals surface area contributed by atoms with Crippen LogP contribution in [0.15, 0.2) is 18.2 Å². The minimum Gasteiger partial charge on any atom is -0.494 e. The Morgan fingerprint density at radius 2 is 1.60 bits per heavy atom. The number of alkyl halides is 6. The lowest BCUT2D eigenvalue weighted by Gasteiger charge is -2.50. The van der Waals surface area contributed by atoms with E-state index in [-0.39, 0.29) is 24.4 Å². The molecule has 3 nitrogen and oxygen atoms in total. The molecule has 2 saturated carbocycles. The summed E-state index contributed by atoms with van der Waals surface area (Å²) >= 11 is 0. The second-order valence-corrected chi connectivity index (χ2v) is 12.2. The summed E-state index contributed by atoms with van der Waals surface area (Å²) in [5.74, 6) is 2.65. The molecule has 0 N–H and O–H groups in total. The lowest BCUT2D eigenvalue weighted by atomic mass is 9.55. The van der Waals surface area contributed by atoms with Gasteiger partial charge in [-0.15, -0.1) is 0 Å². The molecular formula is C31H44F6O3. The number of hydrogen-bond donors (Lipinski definition) is 0. The standard InChI is InChI=1S/C31H44F6O3/c1-4-15-29(30(32,33)34,31(35,36)37)40-19-7-6-18-39-27-13-12-26-25-10-8-21-20-22(38-17-5-2)9-11-23(21)24(25)14-16-28(26,27)3/h9,11,20,24-27H,4-8,10,12-19H2,1-3H3. The van der Waals surface area contributed by atoms with Crippen LogP contribution in [0.4, 0.5) is 26.3 Å². The fourth-order valence-electron chi connectivity index (χ4n) is 7.80. The highest BCUT2D eigenvalue weighted by Crippen LogP contribution is 2.61. The first-order chi connectivity index (χ1) is 18.9. The fraction of sp³-hybridized carbons (Fsp3) is 0.806. The van der Waals surface area contributed by atoms with Gasteiger partial charge in [0.05, 0.1) is 12.7 Å². The van der Waals surface area contributed by atoms with Gasteiger partial charge in [0.2, 0.25) is 0 Å². The molecule has 0 spiro atoms. The Hall–Kier alpha value is -1.48. The van der Waals surface area contributed by atoms with Gasteiger partial charge in [0.15, 0.2) is 0 Å². The van der Waals surface area contributed by atoms with Crippen molar-refractivity contribution in [1.82, 2.24) is 0 Å². The first kappa shape index (κ1) is 31.5. The van der Waals surface area contributed by atoms with E-state index in [0.717, 1.165) is 57.3 Å². The van der Waals surface area contributed by atoms with Crippen molar-refractivity contribution in [3.63, 3.8) is 0 Å². The van der Waals surface area contributed by atoms with Crippen molar-refractivity contribution in [2.75, 3.05) is 19.8 Å². The molecule has 0 aromatic heterocycles. The zero-order valence-corrected chi connectivity index (χ0v) is 23.9. The molecule has 40 heavy (non-hydrogen) atoms. The number of fused-ring (bicyclic) bond motifs is 5. The van der Waals surface area contributed by atoms with Gasteiger partial charge in [-0.2, -0.15) is 26.3 Å². The average molecular weight is 579 g/mol. The lowest BCUT2D eigenvalue weighted by Crippen LogP contribution is -2.58.